The molecular formula is C21H28O7. The first-order chi connectivity index (χ1) is 13.0. The number of allylic oxidation sites excluding steroid dienone is 1. The van der Waals surface area contributed by atoms with Crippen LogP contribution in [0.25, 0.3) is 0 Å². The maximum Gasteiger partial charge on any atom is 0.309 e. The van der Waals surface area contributed by atoms with Gasteiger partial charge in [0.1, 0.15) is 6.10 Å². The second-order valence-corrected chi connectivity index (χ2v) is 9.06. The highest BCUT2D eigenvalue weighted by Crippen LogP contribution is 2.61. The molecule has 7 nitrogen and oxygen atoms in total. The summed E-state index contributed by atoms with van der Waals surface area (Å²) >= 11 is 0. The molecule has 2 N–H and O–H groups in total. The number of esters is 1. The number of fused-ring (bicyclic) bond motifs is 3. The summed E-state index contributed by atoms with van der Waals surface area (Å²) in [7, 11) is 0. The third kappa shape index (κ3) is 3.25. The molecule has 0 heterocycles. The first-order valence-corrected chi connectivity index (χ1v) is 9.86. The lowest BCUT2D eigenvalue weighted by Gasteiger charge is -2.56. The molecule has 3 aliphatic rings. The molecule has 6 atom stereocenters. The number of ketones is 1. The molecule has 2 saturated carbocycles. The molecule has 0 amide bonds. The van der Waals surface area contributed by atoms with Crippen LogP contribution in [0, 0.1) is 28.6 Å². The normalized spacial score (nSPS) is 40.0. The lowest BCUT2D eigenvalue weighted by Crippen LogP contribution is -2.56. The Hall–Kier alpha value is -2.18. The van der Waals surface area contributed by atoms with Crippen LogP contribution in [-0.2, 0) is 23.9 Å². The van der Waals surface area contributed by atoms with Crippen molar-refractivity contribution in [3.05, 3.63) is 11.6 Å². The van der Waals surface area contributed by atoms with Crippen LogP contribution in [0.1, 0.15) is 59.3 Å². The third-order valence-corrected chi connectivity index (χ3v) is 7.51. The molecule has 0 saturated heterocycles. The Kier molecular flexibility index (Phi) is 5.15. The molecule has 7 heteroatoms. The van der Waals surface area contributed by atoms with E-state index in [1.807, 2.05) is 0 Å². The van der Waals surface area contributed by atoms with Crippen molar-refractivity contribution in [1.29, 1.82) is 0 Å². The zero-order valence-corrected chi connectivity index (χ0v) is 16.6. The minimum absolute atomic E-state index is 0.0879. The fourth-order valence-corrected chi connectivity index (χ4v) is 5.87. The number of aliphatic carboxylic acids is 2. The molecule has 3 aliphatic carbocycles. The topological polar surface area (TPSA) is 118 Å². The average Bonchev–Trinajstić information content (AvgIpc) is 2.57. The van der Waals surface area contributed by atoms with Gasteiger partial charge in [-0.25, -0.2) is 0 Å². The number of rotatable bonds is 4. The number of carbonyl (C=O) groups excluding carboxylic acids is 2. The number of carboxylic acids is 2. The zero-order chi connectivity index (χ0) is 20.9. The van der Waals surface area contributed by atoms with E-state index in [1.54, 1.807) is 13.0 Å². The van der Waals surface area contributed by atoms with Crippen molar-refractivity contribution in [1.82, 2.24) is 0 Å². The number of hydrogen-bond acceptors (Lipinski definition) is 5. The molecule has 0 bridgehead atoms. The SMILES string of the molecule is CC(=O)O[C@H]1CC[C@@]2(C)C(=CC(=O)[C@@H]3[C@@H]2CC[C@](C)(C(=O)O)[C@H]3CC(=O)O)C1. The maximum atomic E-state index is 13.1. The molecule has 0 unspecified atom stereocenters. The number of ether oxygens (including phenoxy) is 1. The van der Waals surface area contributed by atoms with Gasteiger partial charge in [-0.2, -0.15) is 0 Å². The van der Waals surface area contributed by atoms with Gasteiger partial charge in [0.05, 0.1) is 5.41 Å². The van der Waals surface area contributed by atoms with Crippen LogP contribution in [0.3, 0.4) is 0 Å². The van der Waals surface area contributed by atoms with E-state index >= 15 is 0 Å². The van der Waals surface area contributed by atoms with E-state index in [9.17, 15) is 29.4 Å². The molecule has 0 aromatic carbocycles. The van der Waals surface area contributed by atoms with Gasteiger partial charge < -0.3 is 14.9 Å². The van der Waals surface area contributed by atoms with Crippen molar-refractivity contribution in [2.24, 2.45) is 28.6 Å². The van der Waals surface area contributed by atoms with Gasteiger partial charge in [0.15, 0.2) is 5.78 Å². The van der Waals surface area contributed by atoms with E-state index in [2.05, 4.69) is 6.92 Å². The van der Waals surface area contributed by atoms with Crippen molar-refractivity contribution in [2.45, 2.75) is 65.4 Å². The predicted octanol–water partition coefficient (Wildman–Crippen LogP) is 2.83. The second-order valence-electron chi connectivity index (χ2n) is 9.06. The van der Waals surface area contributed by atoms with E-state index < -0.39 is 29.2 Å². The summed E-state index contributed by atoms with van der Waals surface area (Å²) in [6.07, 6.45) is 3.85. The van der Waals surface area contributed by atoms with Gasteiger partial charge in [0.2, 0.25) is 0 Å². The van der Waals surface area contributed by atoms with Crippen LogP contribution in [0.2, 0.25) is 0 Å². The highest BCUT2D eigenvalue weighted by molar-refractivity contribution is 5.95. The largest absolute Gasteiger partial charge is 0.481 e. The van der Waals surface area contributed by atoms with E-state index in [4.69, 9.17) is 4.74 Å². The Balaban J connectivity index is 1.99. The standard InChI is InChI=1S/C21H28O7/c1-11(22)28-13-4-6-20(2)12(8-13)9-16(23)18-14(20)5-7-21(3,19(26)27)15(18)10-17(24)25/h9,13-15,18H,4-8,10H2,1-3H3,(H,24,25)(H,26,27)/t13-,14-,15-,18+,20-,21-/m0/s1. The lowest BCUT2D eigenvalue weighted by atomic mass is 9.46. The van der Waals surface area contributed by atoms with Crippen LogP contribution < -0.4 is 0 Å². The molecular weight excluding hydrogens is 364 g/mol. The van der Waals surface area contributed by atoms with Crippen molar-refractivity contribution >= 4 is 23.7 Å². The highest BCUT2D eigenvalue weighted by atomic mass is 16.5. The van der Waals surface area contributed by atoms with E-state index in [0.717, 1.165) is 12.0 Å². The predicted molar refractivity (Wildman–Crippen MR) is 98.3 cm³/mol. The minimum atomic E-state index is -1.23. The van der Waals surface area contributed by atoms with Crippen LogP contribution in [0.15, 0.2) is 11.6 Å². The fraction of sp³-hybridized carbons (Fsp3) is 0.714. The van der Waals surface area contributed by atoms with Gasteiger partial charge in [-0.1, -0.05) is 12.5 Å². The first kappa shape index (κ1) is 20.6. The summed E-state index contributed by atoms with van der Waals surface area (Å²) in [5.74, 6) is -4.08. The Morgan fingerprint density at radius 3 is 2.43 bits per heavy atom. The summed E-state index contributed by atoms with van der Waals surface area (Å²) in [6.45, 7) is 5.04. The van der Waals surface area contributed by atoms with Gasteiger partial charge in [-0.15, -0.1) is 0 Å². The fourth-order valence-electron chi connectivity index (χ4n) is 5.87. The molecule has 0 spiro atoms. The molecule has 2 fully saturated rings. The Morgan fingerprint density at radius 1 is 1.18 bits per heavy atom. The van der Waals surface area contributed by atoms with Crippen molar-refractivity contribution in [3.8, 4) is 0 Å². The zero-order valence-electron chi connectivity index (χ0n) is 16.6. The van der Waals surface area contributed by atoms with E-state index in [0.29, 0.717) is 25.7 Å². The Bertz CT molecular complexity index is 754. The number of carboxylic acid groups (broad SMARTS) is 2. The van der Waals surface area contributed by atoms with Crippen molar-refractivity contribution < 1.29 is 34.1 Å². The highest BCUT2D eigenvalue weighted by Gasteiger charge is 2.60. The van der Waals surface area contributed by atoms with Gasteiger partial charge in [-0.05, 0) is 55.9 Å². The summed E-state index contributed by atoms with van der Waals surface area (Å²) < 4.78 is 5.35. The molecule has 3 rings (SSSR count). The summed E-state index contributed by atoms with van der Waals surface area (Å²) in [5.41, 5.74) is -0.582. The molecule has 0 aliphatic heterocycles. The van der Waals surface area contributed by atoms with Gasteiger partial charge in [0, 0.05) is 25.7 Å². The molecule has 0 aromatic rings. The summed E-state index contributed by atoms with van der Waals surface area (Å²) in [6, 6.07) is 0. The third-order valence-electron chi connectivity index (χ3n) is 7.51. The quantitative estimate of drug-likeness (QED) is 0.706. The second kappa shape index (κ2) is 7.01. The van der Waals surface area contributed by atoms with E-state index in [-0.39, 0.29) is 35.6 Å². The van der Waals surface area contributed by atoms with Crippen LogP contribution in [-0.4, -0.2) is 40.0 Å². The smallest absolute Gasteiger partial charge is 0.309 e. The number of carbonyl (C=O) groups is 4. The van der Waals surface area contributed by atoms with E-state index in [1.165, 1.54) is 6.92 Å². The van der Waals surface area contributed by atoms with Crippen molar-refractivity contribution in [2.75, 3.05) is 0 Å². The summed E-state index contributed by atoms with van der Waals surface area (Å²) in [5, 5.41) is 19.2. The Morgan fingerprint density at radius 2 is 1.86 bits per heavy atom. The number of hydrogen-bond donors (Lipinski definition) is 2. The summed E-state index contributed by atoms with van der Waals surface area (Å²) in [4.78, 5) is 47.9. The van der Waals surface area contributed by atoms with Gasteiger partial charge in [0.25, 0.3) is 0 Å². The van der Waals surface area contributed by atoms with Gasteiger partial charge >= 0.3 is 17.9 Å². The van der Waals surface area contributed by atoms with Crippen molar-refractivity contribution in [3.63, 3.8) is 0 Å². The first-order valence-electron chi connectivity index (χ1n) is 9.86. The lowest BCUT2D eigenvalue weighted by molar-refractivity contribution is -0.165. The van der Waals surface area contributed by atoms with Crippen LogP contribution >= 0.6 is 0 Å². The molecule has 0 aromatic heterocycles. The van der Waals surface area contributed by atoms with Gasteiger partial charge in [-0.3, -0.25) is 19.2 Å². The Labute approximate surface area is 164 Å². The monoisotopic (exact) mass is 392 g/mol. The van der Waals surface area contributed by atoms with Crippen LogP contribution in [0.5, 0.6) is 0 Å². The molecule has 154 valence electrons. The molecule has 0 radical (unpaired) electrons. The average molecular weight is 392 g/mol. The van der Waals surface area contributed by atoms with Crippen LogP contribution in [0.4, 0.5) is 0 Å². The minimum Gasteiger partial charge on any atom is -0.481 e. The maximum absolute atomic E-state index is 13.1. The molecule has 28 heavy (non-hydrogen) atoms.